The Morgan fingerprint density at radius 1 is 1.27 bits per heavy atom. The van der Waals surface area contributed by atoms with Gasteiger partial charge in [-0.25, -0.2) is 4.98 Å². The van der Waals surface area contributed by atoms with Crippen LogP contribution < -0.4 is 4.90 Å². The van der Waals surface area contributed by atoms with Gasteiger partial charge in [0.2, 0.25) is 0 Å². The van der Waals surface area contributed by atoms with Crippen molar-refractivity contribution in [3.8, 4) is 0 Å². The molecular weight excluding hydrogens is 252 g/mol. The lowest BCUT2D eigenvalue weighted by Crippen LogP contribution is -2.44. The first-order valence-electron chi connectivity index (χ1n) is 5.58. The normalized spacial score (nSPS) is 26.7. The van der Waals surface area contributed by atoms with Gasteiger partial charge in [-0.15, -0.1) is 0 Å². The Kier molecular flexibility index (Phi) is 3.29. The molecule has 2 heterocycles. The van der Waals surface area contributed by atoms with Gasteiger partial charge in [0.1, 0.15) is 5.82 Å². The van der Waals surface area contributed by atoms with Crippen LogP contribution in [0.1, 0.15) is 33.1 Å². The van der Waals surface area contributed by atoms with Crippen molar-refractivity contribution in [2.75, 3.05) is 4.90 Å². The molecule has 1 fully saturated rings. The second-order valence-electron chi connectivity index (χ2n) is 4.37. The van der Waals surface area contributed by atoms with Crippen LogP contribution >= 0.6 is 15.9 Å². The zero-order chi connectivity index (χ0) is 10.8. The van der Waals surface area contributed by atoms with Crippen LogP contribution in [0.3, 0.4) is 0 Å². The third kappa shape index (κ3) is 2.33. The van der Waals surface area contributed by atoms with E-state index in [-0.39, 0.29) is 0 Å². The largest absolute Gasteiger partial charge is 0.351 e. The summed E-state index contributed by atoms with van der Waals surface area (Å²) in [6, 6.07) is 5.39. The standard InChI is InChI=1S/C12H17BrN2/c1-9-4-3-5-10(2)15(9)12-7-6-11(13)8-14-12/h6-10H,3-5H2,1-2H3/t9-,10+. The average molecular weight is 269 g/mol. The molecule has 2 atom stereocenters. The number of rotatable bonds is 1. The summed E-state index contributed by atoms with van der Waals surface area (Å²) in [5.74, 6) is 1.11. The minimum Gasteiger partial charge on any atom is -0.351 e. The molecule has 1 aromatic heterocycles. The highest BCUT2D eigenvalue weighted by molar-refractivity contribution is 9.10. The lowest BCUT2D eigenvalue weighted by Gasteiger charge is -2.40. The SMILES string of the molecule is C[C@@H]1CCC[C@H](C)N1c1ccc(Br)cn1. The maximum absolute atomic E-state index is 4.48. The quantitative estimate of drug-likeness (QED) is 0.774. The van der Waals surface area contributed by atoms with Crippen molar-refractivity contribution >= 4 is 21.7 Å². The predicted molar refractivity (Wildman–Crippen MR) is 67.2 cm³/mol. The summed E-state index contributed by atoms with van der Waals surface area (Å²) in [5.41, 5.74) is 0. The lowest BCUT2D eigenvalue weighted by molar-refractivity contribution is 0.411. The van der Waals surface area contributed by atoms with Crippen LogP contribution in [0, 0.1) is 0 Å². The molecule has 82 valence electrons. The maximum Gasteiger partial charge on any atom is 0.129 e. The van der Waals surface area contributed by atoms with Crippen molar-refractivity contribution in [2.24, 2.45) is 0 Å². The van der Waals surface area contributed by atoms with Crippen molar-refractivity contribution in [3.05, 3.63) is 22.8 Å². The summed E-state index contributed by atoms with van der Waals surface area (Å²) in [4.78, 5) is 6.92. The van der Waals surface area contributed by atoms with E-state index in [2.05, 4.69) is 51.8 Å². The second-order valence-corrected chi connectivity index (χ2v) is 5.29. The van der Waals surface area contributed by atoms with Gasteiger partial charge in [-0.1, -0.05) is 0 Å². The third-order valence-electron chi connectivity index (χ3n) is 3.17. The van der Waals surface area contributed by atoms with Gasteiger partial charge in [-0.05, 0) is 61.2 Å². The van der Waals surface area contributed by atoms with Crippen molar-refractivity contribution in [1.29, 1.82) is 0 Å². The smallest absolute Gasteiger partial charge is 0.129 e. The summed E-state index contributed by atoms with van der Waals surface area (Å²) >= 11 is 3.42. The molecule has 0 amide bonds. The zero-order valence-corrected chi connectivity index (χ0v) is 10.9. The van der Waals surface area contributed by atoms with E-state index in [0.717, 1.165) is 10.3 Å². The molecule has 0 bridgehead atoms. The number of aromatic nitrogens is 1. The Balaban J connectivity index is 2.23. The maximum atomic E-state index is 4.48. The molecule has 0 N–H and O–H groups in total. The number of nitrogens with zero attached hydrogens (tertiary/aromatic N) is 2. The van der Waals surface area contributed by atoms with Crippen molar-refractivity contribution in [3.63, 3.8) is 0 Å². The van der Waals surface area contributed by atoms with E-state index in [1.807, 2.05) is 6.20 Å². The van der Waals surface area contributed by atoms with Gasteiger partial charge in [0.15, 0.2) is 0 Å². The van der Waals surface area contributed by atoms with Crippen molar-refractivity contribution in [2.45, 2.75) is 45.2 Å². The average Bonchev–Trinajstić information content (AvgIpc) is 2.20. The Hall–Kier alpha value is -0.570. The fourth-order valence-corrected chi connectivity index (χ4v) is 2.63. The van der Waals surface area contributed by atoms with E-state index >= 15 is 0 Å². The molecule has 3 heteroatoms. The molecule has 0 unspecified atom stereocenters. The number of hydrogen-bond acceptors (Lipinski definition) is 2. The van der Waals surface area contributed by atoms with Crippen LogP contribution in [-0.2, 0) is 0 Å². The molecular formula is C12H17BrN2. The number of piperidine rings is 1. The highest BCUT2D eigenvalue weighted by Crippen LogP contribution is 2.27. The van der Waals surface area contributed by atoms with Crippen LogP contribution in [0.15, 0.2) is 22.8 Å². The molecule has 1 aliphatic rings. The first kappa shape index (κ1) is 10.9. The van der Waals surface area contributed by atoms with Gasteiger partial charge in [0, 0.05) is 22.8 Å². The Labute approximate surface area is 99.8 Å². The topological polar surface area (TPSA) is 16.1 Å². The van der Waals surface area contributed by atoms with Gasteiger partial charge in [0.25, 0.3) is 0 Å². The minimum atomic E-state index is 0.613. The number of halogens is 1. The van der Waals surface area contributed by atoms with E-state index in [0.29, 0.717) is 12.1 Å². The Morgan fingerprint density at radius 3 is 2.47 bits per heavy atom. The molecule has 2 nitrogen and oxygen atoms in total. The van der Waals surface area contributed by atoms with E-state index in [1.54, 1.807) is 0 Å². The van der Waals surface area contributed by atoms with Gasteiger partial charge in [-0.2, -0.15) is 0 Å². The number of pyridine rings is 1. The monoisotopic (exact) mass is 268 g/mol. The minimum absolute atomic E-state index is 0.613. The van der Waals surface area contributed by atoms with Gasteiger partial charge < -0.3 is 4.90 Å². The van der Waals surface area contributed by atoms with E-state index < -0.39 is 0 Å². The number of hydrogen-bond donors (Lipinski definition) is 0. The van der Waals surface area contributed by atoms with E-state index in [9.17, 15) is 0 Å². The van der Waals surface area contributed by atoms with Crippen LogP contribution in [0.5, 0.6) is 0 Å². The van der Waals surface area contributed by atoms with E-state index in [1.165, 1.54) is 19.3 Å². The lowest BCUT2D eigenvalue weighted by atomic mass is 9.97. The third-order valence-corrected chi connectivity index (χ3v) is 3.64. The van der Waals surface area contributed by atoms with Crippen LogP contribution in [0.2, 0.25) is 0 Å². The second kappa shape index (κ2) is 4.52. The highest BCUT2D eigenvalue weighted by Gasteiger charge is 2.25. The fourth-order valence-electron chi connectivity index (χ4n) is 2.39. The summed E-state index contributed by atoms with van der Waals surface area (Å²) in [7, 11) is 0. The Morgan fingerprint density at radius 2 is 1.93 bits per heavy atom. The molecule has 0 aliphatic carbocycles. The van der Waals surface area contributed by atoms with Gasteiger partial charge in [0.05, 0.1) is 0 Å². The summed E-state index contributed by atoms with van der Waals surface area (Å²) in [6.07, 6.45) is 5.78. The van der Waals surface area contributed by atoms with Gasteiger partial charge >= 0.3 is 0 Å². The fraction of sp³-hybridized carbons (Fsp3) is 0.583. The molecule has 2 rings (SSSR count). The van der Waals surface area contributed by atoms with Crippen LogP contribution in [0.4, 0.5) is 5.82 Å². The summed E-state index contributed by atoms with van der Waals surface area (Å²) in [5, 5.41) is 0. The predicted octanol–water partition coefficient (Wildman–Crippen LogP) is 3.61. The molecule has 1 saturated heterocycles. The first-order chi connectivity index (χ1) is 7.18. The van der Waals surface area contributed by atoms with Crippen molar-refractivity contribution < 1.29 is 0 Å². The summed E-state index contributed by atoms with van der Waals surface area (Å²) < 4.78 is 1.04. The molecule has 0 aromatic carbocycles. The zero-order valence-electron chi connectivity index (χ0n) is 9.28. The van der Waals surface area contributed by atoms with E-state index in [4.69, 9.17) is 0 Å². The molecule has 0 radical (unpaired) electrons. The number of anilines is 1. The molecule has 0 spiro atoms. The Bertz CT molecular complexity index is 313. The molecule has 0 saturated carbocycles. The van der Waals surface area contributed by atoms with Crippen molar-refractivity contribution in [1.82, 2.24) is 4.98 Å². The van der Waals surface area contributed by atoms with Crippen LogP contribution in [-0.4, -0.2) is 17.1 Å². The summed E-state index contributed by atoms with van der Waals surface area (Å²) in [6.45, 7) is 4.58. The molecule has 1 aromatic rings. The molecule has 1 aliphatic heterocycles. The highest BCUT2D eigenvalue weighted by atomic mass is 79.9. The van der Waals surface area contributed by atoms with Gasteiger partial charge in [-0.3, -0.25) is 0 Å². The molecule has 15 heavy (non-hydrogen) atoms. The van der Waals surface area contributed by atoms with Crippen LogP contribution in [0.25, 0.3) is 0 Å². The first-order valence-corrected chi connectivity index (χ1v) is 6.37.